The van der Waals surface area contributed by atoms with E-state index in [1.165, 1.54) is 19.4 Å². The van der Waals surface area contributed by atoms with Crippen molar-refractivity contribution in [3.8, 4) is 11.5 Å². The monoisotopic (exact) mass is 522 g/mol. The van der Waals surface area contributed by atoms with E-state index in [1.54, 1.807) is 48.5 Å². The van der Waals surface area contributed by atoms with Crippen LogP contribution < -0.4 is 14.9 Å². The van der Waals surface area contributed by atoms with Crippen LogP contribution in [0.4, 0.5) is 0 Å². The van der Waals surface area contributed by atoms with Gasteiger partial charge in [0.1, 0.15) is 12.2 Å². The lowest BCUT2D eigenvalue weighted by Crippen LogP contribution is -2.16. The Kier molecular flexibility index (Phi) is 6.93. The summed E-state index contributed by atoms with van der Waals surface area (Å²) < 4.78 is 17.6. The van der Waals surface area contributed by atoms with Crippen LogP contribution in [-0.2, 0) is 6.61 Å². The van der Waals surface area contributed by atoms with Gasteiger partial charge in [-0.1, -0.05) is 28.1 Å². The molecule has 1 aromatic heterocycles. The van der Waals surface area contributed by atoms with Gasteiger partial charge in [0, 0.05) is 9.86 Å². The van der Waals surface area contributed by atoms with Crippen molar-refractivity contribution in [1.82, 2.24) is 5.43 Å². The van der Waals surface area contributed by atoms with Gasteiger partial charge in [-0.3, -0.25) is 4.79 Å². The highest BCUT2D eigenvalue weighted by Gasteiger charge is 2.12. The number of carbonyl (C=O) groups excluding carboxylic acids is 1. The van der Waals surface area contributed by atoms with Crippen LogP contribution in [0.3, 0.4) is 0 Å². The Morgan fingerprint density at radius 1 is 1.09 bits per heavy atom. The number of ether oxygens (including phenoxy) is 2. The summed E-state index contributed by atoms with van der Waals surface area (Å²) in [6, 6.07) is 18.8. The minimum absolute atomic E-state index is 0.151. The van der Waals surface area contributed by atoms with Crippen molar-refractivity contribution in [3.63, 3.8) is 0 Å². The molecule has 9 heteroatoms. The number of furan rings is 1. The highest BCUT2D eigenvalue weighted by atomic mass is 79.9. The third-order valence-electron chi connectivity index (χ3n) is 4.84. The van der Waals surface area contributed by atoms with Crippen molar-refractivity contribution in [2.45, 2.75) is 6.61 Å². The molecular formula is C25H19BrN2O6. The Labute approximate surface area is 202 Å². The third kappa shape index (κ3) is 5.44. The van der Waals surface area contributed by atoms with Gasteiger partial charge in [-0.2, -0.15) is 5.10 Å². The molecule has 8 nitrogen and oxygen atoms in total. The minimum Gasteiger partial charge on any atom is -0.493 e. The van der Waals surface area contributed by atoms with Crippen molar-refractivity contribution in [2.75, 3.05) is 7.11 Å². The van der Waals surface area contributed by atoms with E-state index in [1.807, 2.05) is 12.1 Å². The number of carboxylic acids is 1. The summed E-state index contributed by atoms with van der Waals surface area (Å²) in [5.41, 5.74) is 4.63. The van der Waals surface area contributed by atoms with Crippen LogP contribution >= 0.6 is 15.9 Å². The quantitative estimate of drug-likeness (QED) is 0.241. The molecule has 0 bridgehead atoms. The summed E-state index contributed by atoms with van der Waals surface area (Å²) in [5.74, 6) is -0.369. The molecule has 0 radical (unpaired) electrons. The minimum atomic E-state index is -0.997. The van der Waals surface area contributed by atoms with Crippen molar-refractivity contribution >= 4 is 45.0 Å². The summed E-state index contributed by atoms with van der Waals surface area (Å²) in [4.78, 5) is 23.5. The average molecular weight is 523 g/mol. The Bertz CT molecular complexity index is 1400. The van der Waals surface area contributed by atoms with Gasteiger partial charge in [0.05, 0.1) is 18.9 Å². The van der Waals surface area contributed by atoms with E-state index in [0.29, 0.717) is 28.2 Å². The van der Waals surface area contributed by atoms with E-state index in [9.17, 15) is 9.59 Å². The topological polar surface area (TPSA) is 110 Å². The smallest absolute Gasteiger partial charge is 0.335 e. The summed E-state index contributed by atoms with van der Waals surface area (Å²) in [6.45, 7) is 0.176. The first-order valence-corrected chi connectivity index (χ1v) is 10.9. The second kappa shape index (κ2) is 10.2. The molecule has 4 aromatic rings. The molecule has 4 rings (SSSR count). The van der Waals surface area contributed by atoms with Crippen LogP contribution in [0.1, 0.15) is 32.0 Å². The lowest BCUT2D eigenvalue weighted by atomic mass is 10.1. The van der Waals surface area contributed by atoms with E-state index in [4.69, 9.17) is 19.0 Å². The summed E-state index contributed by atoms with van der Waals surface area (Å²) in [6.07, 6.45) is 1.47. The van der Waals surface area contributed by atoms with Gasteiger partial charge in [0.15, 0.2) is 17.3 Å². The zero-order valence-corrected chi connectivity index (χ0v) is 19.5. The highest BCUT2D eigenvalue weighted by molar-refractivity contribution is 9.10. The molecule has 0 saturated heterocycles. The van der Waals surface area contributed by atoms with Gasteiger partial charge in [-0.15, -0.1) is 0 Å². The number of nitrogens with zero attached hydrogens (tertiary/aromatic N) is 1. The third-order valence-corrected chi connectivity index (χ3v) is 5.33. The lowest BCUT2D eigenvalue weighted by molar-refractivity contribution is 0.0696. The molecule has 3 aromatic carbocycles. The molecule has 172 valence electrons. The van der Waals surface area contributed by atoms with Crippen LogP contribution in [0.25, 0.3) is 11.0 Å². The van der Waals surface area contributed by atoms with Gasteiger partial charge in [0.25, 0.3) is 0 Å². The Morgan fingerprint density at radius 3 is 2.74 bits per heavy atom. The number of carbonyl (C=O) groups is 2. The number of halogens is 1. The van der Waals surface area contributed by atoms with Crippen LogP contribution in [-0.4, -0.2) is 30.3 Å². The Morgan fingerprint density at radius 2 is 1.94 bits per heavy atom. The fraction of sp³-hybridized carbons (Fsp3) is 0.0800. The predicted molar refractivity (Wildman–Crippen MR) is 130 cm³/mol. The Balaban J connectivity index is 1.40. The van der Waals surface area contributed by atoms with Crippen molar-refractivity contribution in [1.29, 1.82) is 0 Å². The van der Waals surface area contributed by atoms with Crippen molar-refractivity contribution in [3.05, 3.63) is 93.7 Å². The number of benzene rings is 3. The molecule has 0 saturated carbocycles. The SMILES string of the molecule is COc1cc(/C=N/NC(=O)c2cc3cc(Br)ccc3o2)ccc1OCc1cccc(C(=O)O)c1. The largest absolute Gasteiger partial charge is 0.493 e. The Hall–Kier alpha value is -4.11. The number of fused-ring (bicyclic) bond motifs is 1. The molecule has 0 spiro atoms. The van der Waals surface area contributed by atoms with Gasteiger partial charge in [-0.05, 0) is 65.7 Å². The molecule has 0 aliphatic carbocycles. The molecule has 0 aliphatic heterocycles. The first kappa shape index (κ1) is 23.1. The van der Waals surface area contributed by atoms with E-state index in [0.717, 1.165) is 9.86 Å². The maximum Gasteiger partial charge on any atom is 0.335 e. The molecule has 34 heavy (non-hydrogen) atoms. The second-order valence-corrected chi connectivity index (χ2v) is 8.11. The number of rotatable bonds is 8. The highest BCUT2D eigenvalue weighted by Crippen LogP contribution is 2.28. The number of hydrogen-bond acceptors (Lipinski definition) is 6. The predicted octanol–water partition coefficient (Wildman–Crippen LogP) is 5.25. The summed E-state index contributed by atoms with van der Waals surface area (Å²) >= 11 is 3.39. The van der Waals surface area contributed by atoms with Gasteiger partial charge >= 0.3 is 11.9 Å². The van der Waals surface area contributed by atoms with Crippen LogP contribution in [0.5, 0.6) is 11.5 Å². The number of carboxylic acid groups (broad SMARTS) is 1. The number of hydrogen-bond donors (Lipinski definition) is 2. The number of methoxy groups -OCH3 is 1. The normalized spacial score (nSPS) is 11.0. The summed E-state index contributed by atoms with van der Waals surface area (Å²) in [7, 11) is 1.51. The maximum atomic E-state index is 12.3. The standard InChI is InChI=1S/C25H19BrN2O6/c1-32-22-10-15(5-7-21(22)33-14-16-3-2-4-17(9-16)25(30)31)13-27-28-24(29)23-12-18-11-19(26)6-8-20(18)34-23/h2-13H,14H2,1H3,(H,28,29)(H,30,31)/b27-13+. The van der Waals surface area contributed by atoms with Crippen molar-refractivity contribution < 1.29 is 28.6 Å². The molecule has 1 heterocycles. The number of amides is 1. The van der Waals surface area contributed by atoms with E-state index >= 15 is 0 Å². The van der Waals surface area contributed by atoms with Crippen LogP contribution in [0.15, 0.2) is 80.7 Å². The molecule has 0 unspecified atom stereocenters. The lowest BCUT2D eigenvalue weighted by Gasteiger charge is -2.11. The van der Waals surface area contributed by atoms with Gasteiger partial charge < -0.3 is 19.0 Å². The van der Waals surface area contributed by atoms with Crippen LogP contribution in [0, 0.1) is 0 Å². The molecular weight excluding hydrogens is 504 g/mol. The number of nitrogens with one attached hydrogen (secondary N) is 1. The molecule has 0 fully saturated rings. The first-order chi connectivity index (χ1) is 16.4. The fourth-order valence-corrected chi connectivity index (χ4v) is 3.56. The zero-order valence-electron chi connectivity index (χ0n) is 17.9. The van der Waals surface area contributed by atoms with Gasteiger partial charge in [-0.25, -0.2) is 10.2 Å². The van der Waals surface area contributed by atoms with E-state index in [-0.39, 0.29) is 17.9 Å². The molecule has 1 amide bonds. The molecule has 2 N–H and O–H groups in total. The van der Waals surface area contributed by atoms with Crippen molar-refractivity contribution in [2.24, 2.45) is 5.10 Å². The zero-order chi connectivity index (χ0) is 24.1. The second-order valence-electron chi connectivity index (χ2n) is 7.20. The first-order valence-electron chi connectivity index (χ1n) is 10.1. The summed E-state index contributed by atoms with van der Waals surface area (Å²) in [5, 5.41) is 13.9. The number of hydrazone groups is 1. The van der Waals surface area contributed by atoms with Crippen LogP contribution in [0.2, 0.25) is 0 Å². The van der Waals surface area contributed by atoms with E-state index < -0.39 is 11.9 Å². The molecule has 0 atom stereocenters. The van der Waals surface area contributed by atoms with E-state index in [2.05, 4.69) is 26.5 Å². The molecule has 0 aliphatic rings. The van der Waals surface area contributed by atoms with Gasteiger partial charge in [0.2, 0.25) is 0 Å². The fourth-order valence-electron chi connectivity index (χ4n) is 3.19. The maximum absolute atomic E-state index is 12.3. The average Bonchev–Trinajstić information content (AvgIpc) is 3.26. The number of aromatic carboxylic acids is 1.